The average Bonchev–Trinajstić information content (AvgIpc) is 2.75. The van der Waals surface area contributed by atoms with Crippen molar-refractivity contribution in [3.05, 3.63) is 45.4 Å². The van der Waals surface area contributed by atoms with E-state index >= 15 is 0 Å². The Morgan fingerprint density at radius 2 is 2.17 bits per heavy atom. The van der Waals surface area contributed by atoms with Gasteiger partial charge in [0.1, 0.15) is 5.69 Å². The molecule has 2 heterocycles. The molecule has 0 aromatic carbocycles. The van der Waals surface area contributed by atoms with Gasteiger partial charge in [-0.15, -0.1) is 11.3 Å². The van der Waals surface area contributed by atoms with Crippen LogP contribution in [0.15, 0.2) is 30.5 Å². The Hall–Kier alpha value is -1.39. The fourth-order valence-electron chi connectivity index (χ4n) is 1.58. The highest BCUT2D eigenvalue weighted by Gasteiger charge is 2.06. The normalized spacial score (nSPS) is 10.4. The van der Waals surface area contributed by atoms with Crippen molar-refractivity contribution in [2.45, 2.75) is 13.5 Å². The third kappa shape index (κ3) is 3.09. The Balaban J connectivity index is 2.09. The first-order valence-corrected chi connectivity index (χ1v) is 6.68. The zero-order chi connectivity index (χ0) is 13.1. The number of carbonyl (C=O) groups excluding carboxylic acids is 1. The molecule has 0 N–H and O–H groups in total. The fourth-order valence-corrected chi connectivity index (χ4v) is 2.72. The lowest BCUT2D eigenvalue weighted by atomic mass is 10.2. The summed E-state index contributed by atoms with van der Waals surface area (Å²) in [5, 5.41) is 0. The van der Waals surface area contributed by atoms with E-state index in [1.165, 1.54) is 11.8 Å². The summed E-state index contributed by atoms with van der Waals surface area (Å²) in [6, 6.07) is 7.56. The SMILES string of the molecule is CC(=O)c1ccc(N(C)Cc2ccc(Cl)s2)cn1. The van der Waals surface area contributed by atoms with Crippen LogP contribution in [0.4, 0.5) is 5.69 Å². The molecule has 5 heteroatoms. The molecule has 0 saturated carbocycles. The zero-order valence-electron chi connectivity index (χ0n) is 10.2. The van der Waals surface area contributed by atoms with Crippen molar-refractivity contribution in [1.29, 1.82) is 0 Å². The summed E-state index contributed by atoms with van der Waals surface area (Å²) in [5.74, 6) is -0.0192. The van der Waals surface area contributed by atoms with Gasteiger partial charge in [-0.3, -0.25) is 9.78 Å². The monoisotopic (exact) mass is 280 g/mol. The van der Waals surface area contributed by atoms with Crippen molar-refractivity contribution < 1.29 is 4.79 Å². The molecule has 0 aliphatic rings. The molecule has 94 valence electrons. The first-order chi connectivity index (χ1) is 8.56. The molecule has 0 radical (unpaired) electrons. The molecule has 0 amide bonds. The van der Waals surface area contributed by atoms with E-state index in [4.69, 9.17) is 11.6 Å². The standard InChI is InChI=1S/C13H13ClN2OS/c1-9(17)12-5-3-10(7-15-12)16(2)8-11-4-6-13(14)18-11/h3-7H,8H2,1-2H3. The second kappa shape index (κ2) is 5.50. The van der Waals surface area contributed by atoms with E-state index in [1.807, 2.05) is 25.2 Å². The summed E-state index contributed by atoms with van der Waals surface area (Å²) in [6.45, 7) is 2.29. The van der Waals surface area contributed by atoms with Gasteiger partial charge in [0.2, 0.25) is 0 Å². The highest BCUT2D eigenvalue weighted by atomic mass is 35.5. The number of rotatable bonds is 4. The minimum atomic E-state index is -0.0192. The van der Waals surface area contributed by atoms with Gasteiger partial charge in [-0.2, -0.15) is 0 Å². The molecule has 0 aliphatic heterocycles. The van der Waals surface area contributed by atoms with Crippen molar-refractivity contribution in [3.63, 3.8) is 0 Å². The molecule has 0 saturated heterocycles. The van der Waals surface area contributed by atoms with Crippen LogP contribution in [0.3, 0.4) is 0 Å². The number of halogens is 1. The molecule has 3 nitrogen and oxygen atoms in total. The Bertz CT molecular complexity index is 550. The molecule has 0 fully saturated rings. The molecule has 2 rings (SSSR count). The molecule has 0 spiro atoms. The summed E-state index contributed by atoms with van der Waals surface area (Å²) in [4.78, 5) is 18.5. The lowest BCUT2D eigenvalue weighted by Crippen LogP contribution is -2.16. The molecule has 0 aliphatic carbocycles. The summed E-state index contributed by atoms with van der Waals surface area (Å²) in [7, 11) is 1.98. The largest absolute Gasteiger partial charge is 0.368 e. The van der Waals surface area contributed by atoms with E-state index in [0.717, 1.165) is 16.6 Å². The van der Waals surface area contributed by atoms with Crippen molar-refractivity contribution in [2.75, 3.05) is 11.9 Å². The summed E-state index contributed by atoms with van der Waals surface area (Å²) < 4.78 is 0.795. The maximum Gasteiger partial charge on any atom is 0.178 e. The number of hydrogen-bond donors (Lipinski definition) is 0. The Morgan fingerprint density at radius 3 is 2.67 bits per heavy atom. The van der Waals surface area contributed by atoms with E-state index in [2.05, 4.69) is 9.88 Å². The highest BCUT2D eigenvalue weighted by Crippen LogP contribution is 2.24. The number of nitrogens with zero attached hydrogens (tertiary/aromatic N) is 2. The molecular formula is C13H13ClN2OS. The number of Topliss-reactive ketones (excluding diaryl/α,β-unsaturated/α-hetero) is 1. The molecule has 2 aromatic rings. The summed E-state index contributed by atoms with van der Waals surface area (Å²) >= 11 is 7.46. The van der Waals surface area contributed by atoms with Gasteiger partial charge in [0.15, 0.2) is 5.78 Å². The quantitative estimate of drug-likeness (QED) is 0.802. The first-order valence-electron chi connectivity index (χ1n) is 5.48. The van der Waals surface area contributed by atoms with E-state index in [-0.39, 0.29) is 5.78 Å². The third-order valence-electron chi connectivity index (χ3n) is 2.57. The van der Waals surface area contributed by atoms with E-state index < -0.39 is 0 Å². The van der Waals surface area contributed by atoms with Crippen LogP contribution in [-0.4, -0.2) is 17.8 Å². The summed E-state index contributed by atoms with van der Waals surface area (Å²) in [5.41, 5.74) is 1.47. The lowest BCUT2D eigenvalue weighted by Gasteiger charge is -2.17. The van der Waals surface area contributed by atoms with E-state index in [1.54, 1.807) is 23.6 Å². The second-order valence-electron chi connectivity index (χ2n) is 4.02. The maximum absolute atomic E-state index is 11.1. The van der Waals surface area contributed by atoms with Crippen LogP contribution in [0.5, 0.6) is 0 Å². The fraction of sp³-hybridized carbons (Fsp3) is 0.231. The van der Waals surface area contributed by atoms with Crippen molar-refractivity contribution in [3.8, 4) is 0 Å². The zero-order valence-corrected chi connectivity index (χ0v) is 11.8. The number of thiophene rings is 1. The number of aromatic nitrogens is 1. The first kappa shape index (κ1) is 13.1. The lowest BCUT2D eigenvalue weighted by molar-refractivity contribution is 0.101. The van der Waals surface area contributed by atoms with Gasteiger partial charge < -0.3 is 4.90 Å². The number of ketones is 1. The number of anilines is 1. The van der Waals surface area contributed by atoms with Crippen molar-refractivity contribution in [1.82, 2.24) is 4.98 Å². The third-order valence-corrected chi connectivity index (χ3v) is 3.79. The molecule has 0 unspecified atom stereocenters. The molecule has 0 atom stereocenters. The van der Waals surface area contributed by atoms with Gasteiger partial charge in [-0.25, -0.2) is 0 Å². The van der Waals surface area contributed by atoms with Gasteiger partial charge in [-0.05, 0) is 24.3 Å². The van der Waals surface area contributed by atoms with Crippen LogP contribution in [0.2, 0.25) is 4.34 Å². The summed E-state index contributed by atoms with van der Waals surface area (Å²) in [6.07, 6.45) is 1.71. The highest BCUT2D eigenvalue weighted by molar-refractivity contribution is 7.16. The smallest absolute Gasteiger partial charge is 0.178 e. The number of pyridine rings is 1. The van der Waals surface area contributed by atoms with Gasteiger partial charge in [-0.1, -0.05) is 11.6 Å². The Labute approximate surface area is 115 Å². The van der Waals surface area contributed by atoms with E-state index in [9.17, 15) is 4.79 Å². The predicted molar refractivity (Wildman–Crippen MR) is 75.7 cm³/mol. The average molecular weight is 281 g/mol. The maximum atomic E-state index is 11.1. The molecule has 18 heavy (non-hydrogen) atoms. The topological polar surface area (TPSA) is 33.2 Å². The van der Waals surface area contributed by atoms with Crippen LogP contribution < -0.4 is 4.90 Å². The number of carbonyl (C=O) groups is 1. The Morgan fingerprint density at radius 1 is 1.39 bits per heavy atom. The van der Waals surface area contributed by atoms with Crippen LogP contribution in [0.1, 0.15) is 22.3 Å². The Kier molecular flexibility index (Phi) is 3.99. The number of hydrogen-bond acceptors (Lipinski definition) is 4. The van der Waals surface area contributed by atoms with Crippen LogP contribution in [-0.2, 0) is 6.54 Å². The van der Waals surface area contributed by atoms with Crippen LogP contribution in [0, 0.1) is 0 Å². The van der Waals surface area contributed by atoms with Gasteiger partial charge in [0.05, 0.1) is 22.8 Å². The second-order valence-corrected chi connectivity index (χ2v) is 5.82. The predicted octanol–water partition coefficient (Wildman–Crippen LogP) is 3.64. The van der Waals surface area contributed by atoms with E-state index in [0.29, 0.717) is 5.69 Å². The minimum Gasteiger partial charge on any atom is -0.368 e. The van der Waals surface area contributed by atoms with Crippen molar-refractivity contribution >= 4 is 34.4 Å². The van der Waals surface area contributed by atoms with Gasteiger partial charge >= 0.3 is 0 Å². The minimum absolute atomic E-state index is 0.0192. The van der Waals surface area contributed by atoms with Crippen molar-refractivity contribution in [2.24, 2.45) is 0 Å². The molecule has 2 aromatic heterocycles. The van der Waals surface area contributed by atoms with Crippen LogP contribution in [0.25, 0.3) is 0 Å². The van der Waals surface area contributed by atoms with Crippen LogP contribution >= 0.6 is 22.9 Å². The molecule has 0 bridgehead atoms. The van der Waals surface area contributed by atoms with Gasteiger partial charge in [0.25, 0.3) is 0 Å². The van der Waals surface area contributed by atoms with Gasteiger partial charge in [0, 0.05) is 18.8 Å². The molecular weight excluding hydrogens is 268 g/mol.